The van der Waals surface area contributed by atoms with E-state index in [0.717, 1.165) is 16.8 Å². The first-order valence-corrected chi connectivity index (χ1v) is 10.2. The zero-order valence-corrected chi connectivity index (χ0v) is 18.0. The molecule has 0 bridgehead atoms. The van der Waals surface area contributed by atoms with Crippen molar-refractivity contribution in [1.82, 2.24) is 9.66 Å². The number of aromatic nitrogens is 2. The molecule has 6 nitrogen and oxygen atoms in total. The van der Waals surface area contributed by atoms with Crippen LogP contribution in [0.1, 0.15) is 11.1 Å². The van der Waals surface area contributed by atoms with E-state index in [1.165, 1.54) is 30.5 Å². The smallest absolute Gasteiger partial charge is 0.416 e. The maximum Gasteiger partial charge on any atom is 0.416 e. The van der Waals surface area contributed by atoms with Crippen molar-refractivity contribution >= 4 is 28.7 Å². The molecule has 4 rings (SSSR count). The Bertz CT molecular complexity index is 1510. The Morgan fingerprint density at radius 3 is 2.65 bits per heavy atom. The van der Waals surface area contributed by atoms with Crippen molar-refractivity contribution in [3.63, 3.8) is 0 Å². The third-order valence-corrected chi connectivity index (χ3v) is 5.07. The van der Waals surface area contributed by atoms with Crippen molar-refractivity contribution in [3.05, 3.63) is 93.2 Å². The van der Waals surface area contributed by atoms with Gasteiger partial charge < -0.3 is 4.74 Å². The van der Waals surface area contributed by atoms with E-state index in [2.05, 4.69) is 10.1 Å². The lowest BCUT2D eigenvalue weighted by atomic mass is 10.1. The molecule has 3 aromatic carbocycles. The van der Waals surface area contributed by atoms with Gasteiger partial charge in [0.1, 0.15) is 11.8 Å². The Kier molecular flexibility index (Phi) is 6.34. The van der Waals surface area contributed by atoms with Crippen LogP contribution in [-0.4, -0.2) is 22.5 Å². The van der Waals surface area contributed by atoms with Gasteiger partial charge in [-0.25, -0.2) is 4.98 Å². The number of hydrogen-bond donors (Lipinski definition) is 0. The van der Waals surface area contributed by atoms with Gasteiger partial charge in [-0.05, 0) is 48.0 Å². The number of alkyl halides is 3. The topological polar surface area (TPSA) is 80.3 Å². The molecule has 0 radical (unpaired) electrons. The van der Waals surface area contributed by atoms with Gasteiger partial charge in [-0.3, -0.25) is 4.79 Å². The van der Waals surface area contributed by atoms with Crippen LogP contribution in [0.3, 0.4) is 0 Å². The first kappa shape index (κ1) is 23.0. The lowest BCUT2D eigenvalue weighted by Gasteiger charge is -2.12. The van der Waals surface area contributed by atoms with E-state index in [1.54, 1.807) is 30.3 Å². The Morgan fingerprint density at radius 1 is 1.12 bits per heavy atom. The molecule has 170 valence electrons. The van der Waals surface area contributed by atoms with E-state index >= 15 is 0 Å². The van der Waals surface area contributed by atoms with Gasteiger partial charge in [0.05, 0.1) is 27.7 Å². The average Bonchev–Trinajstić information content (AvgIpc) is 2.82. The minimum Gasteiger partial charge on any atom is -0.477 e. The third-order valence-electron chi connectivity index (χ3n) is 4.77. The molecule has 0 atom stereocenters. The van der Waals surface area contributed by atoms with Gasteiger partial charge in [0.25, 0.3) is 5.56 Å². The lowest BCUT2D eigenvalue weighted by molar-refractivity contribution is -0.137. The zero-order chi connectivity index (χ0) is 24.3. The summed E-state index contributed by atoms with van der Waals surface area (Å²) in [5.74, 6) is 0.251. The number of fused-ring (bicyclic) bond motifs is 1. The maximum atomic E-state index is 13.3. The second kappa shape index (κ2) is 9.37. The van der Waals surface area contributed by atoms with Crippen LogP contribution in [0.5, 0.6) is 5.75 Å². The Balaban J connectivity index is 1.84. The van der Waals surface area contributed by atoms with Crippen LogP contribution in [0.4, 0.5) is 13.2 Å². The predicted molar refractivity (Wildman–Crippen MR) is 122 cm³/mol. The summed E-state index contributed by atoms with van der Waals surface area (Å²) in [4.78, 5) is 17.6. The molecule has 4 aromatic rings. The summed E-state index contributed by atoms with van der Waals surface area (Å²) in [5.41, 5.74) is -0.525. The minimum absolute atomic E-state index is 0.0499. The highest BCUT2D eigenvalue weighted by molar-refractivity contribution is 6.32. The molecule has 0 saturated carbocycles. The Morgan fingerprint density at radius 2 is 1.91 bits per heavy atom. The molecule has 0 saturated heterocycles. The summed E-state index contributed by atoms with van der Waals surface area (Å²) >= 11 is 6.16. The molecule has 0 fully saturated rings. The number of nitriles is 1. The fraction of sp³-hybridized carbons (Fsp3) is 0.0833. The molecule has 0 aliphatic heterocycles. The highest BCUT2D eigenvalue weighted by Gasteiger charge is 2.30. The molecular weight excluding hydrogens is 469 g/mol. The highest BCUT2D eigenvalue weighted by atomic mass is 35.5. The van der Waals surface area contributed by atoms with E-state index in [9.17, 15) is 18.0 Å². The minimum atomic E-state index is -4.56. The predicted octanol–water partition coefficient (Wildman–Crippen LogP) is 5.52. The second-order valence-electron chi connectivity index (χ2n) is 7.03. The van der Waals surface area contributed by atoms with Crippen molar-refractivity contribution in [3.8, 4) is 23.2 Å². The van der Waals surface area contributed by atoms with Crippen LogP contribution >= 0.6 is 11.6 Å². The number of para-hydroxylation sites is 1. The number of ether oxygens (including phenoxy) is 1. The van der Waals surface area contributed by atoms with Crippen LogP contribution < -0.4 is 10.3 Å². The Labute approximate surface area is 196 Å². The van der Waals surface area contributed by atoms with E-state index in [4.69, 9.17) is 21.6 Å². The standard InChI is InChI=1S/C24H14ClF3N4O2/c25-19-12-15(8-9-21(19)34-11-10-29)14-30-32-22(16-4-3-5-17(13-16)24(26,27)28)31-20-7-2-1-6-18(20)23(32)33/h1-9,12-14H,11H2. The molecule has 1 heterocycles. The van der Waals surface area contributed by atoms with Gasteiger partial charge in [0.15, 0.2) is 12.4 Å². The van der Waals surface area contributed by atoms with Crippen molar-refractivity contribution in [1.29, 1.82) is 5.26 Å². The van der Waals surface area contributed by atoms with Crippen LogP contribution in [0.25, 0.3) is 22.3 Å². The fourth-order valence-corrected chi connectivity index (χ4v) is 3.44. The van der Waals surface area contributed by atoms with E-state index < -0.39 is 17.3 Å². The number of rotatable bonds is 5. The van der Waals surface area contributed by atoms with E-state index in [-0.39, 0.29) is 28.4 Å². The van der Waals surface area contributed by atoms with Gasteiger partial charge in [0.2, 0.25) is 0 Å². The summed E-state index contributed by atoms with van der Waals surface area (Å²) in [6, 6.07) is 17.5. The van der Waals surface area contributed by atoms with Crippen LogP contribution in [0.2, 0.25) is 5.02 Å². The maximum absolute atomic E-state index is 13.3. The average molecular weight is 483 g/mol. The lowest BCUT2D eigenvalue weighted by Crippen LogP contribution is -2.20. The normalized spacial score (nSPS) is 11.6. The van der Waals surface area contributed by atoms with Crippen molar-refractivity contribution in [2.45, 2.75) is 6.18 Å². The van der Waals surface area contributed by atoms with Crippen LogP contribution in [-0.2, 0) is 6.18 Å². The Hall–Kier alpha value is -4.16. The highest BCUT2D eigenvalue weighted by Crippen LogP contribution is 2.32. The largest absolute Gasteiger partial charge is 0.477 e. The van der Waals surface area contributed by atoms with Gasteiger partial charge in [0, 0.05) is 5.56 Å². The number of nitrogens with zero attached hydrogens (tertiary/aromatic N) is 4. The monoisotopic (exact) mass is 482 g/mol. The quantitative estimate of drug-likeness (QED) is 0.351. The van der Waals surface area contributed by atoms with Crippen LogP contribution in [0, 0.1) is 11.3 Å². The molecule has 0 aliphatic rings. The van der Waals surface area contributed by atoms with Crippen LogP contribution in [0.15, 0.2) is 76.6 Å². The summed E-state index contributed by atoms with van der Waals surface area (Å²) in [6.07, 6.45) is -3.23. The second-order valence-corrected chi connectivity index (χ2v) is 7.44. The molecule has 10 heteroatoms. The number of halogens is 4. The number of benzene rings is 3. The third kappa shape index (κ3) is 4.77. The molecule has 1 aromatic heterocycles. The molecule has 0 spiro atoms. The zero-order valence-electron chi connectivity index (χ0n) is 17.3. The summed E-state index contributed by atoms with van der Waals surface area (Å²) in [6.45, 7) is -0.175. The molecule has 0 aliphatic carbocycles. The van der Waals surface area contributed by atoms with Gasteiger partial charge >= 0.3 is 6.18 Å². The van der Waals surface area contributed by atoms with Gasteiger partial charge in [-0.2, -0.15) is 28.2 Å². The van der Waals surface area contributed by atoms with E-state index in [0.29, 0.717) is 16.8 Å². The molecule has 0 amide bonds. The molecule has 34 heavy (non-hydrogen) atoms. The van der Waals surface area contributed by atoms with Crippen molar-refractivity contribution in [2.24, 2.45) is 5.10 Å². The summed E-state index contributed by atoms with van der Waals surface area (Å²) in [5, 5.41) is 13.3. The molecule has 0 unspecified atom stereocenters. The van der Waals surface area contributed by atoms with Crippen molar-refractivity contribution in [2.75, 3.05) is 6.61 Å². The van der Waals surface area contributed by atoms with Crippen molar-refractivity contribution < 1.29 is 17.9 Å². The molecular formula is C24H14ClF3N4O2. The first-order valence-electron chi connectivity index (χ1n) is 9.81. The first-order chi connectivity index (χ1) is 16.3. The summed E-state index contributed by atoms with van der Waals surface area (Å²) in [7, 11) is 0. The fourth-order valence-electron chi connectivity index (χ4n) is 3.20. The van der Waals surface area contributed by atoms with Gasteiger partial charge in [-0.15, -0.1) is 0 Å². The SMILES string of the molecule is N#CCOc1ccc(C=Nn2c(-c3cccc(C(F)(F)F)c3)nc3ccccc3c2=O)cc1Cl. The number of hydrogen-bond acceptors (Lipinski definition) is 5. The summed E-state index contributed by atoms with van der Waals surface area (Å²) < 4.78 is 46.0. The van der Waals surface area contributed by atoms with E-state index in [1.807, 2.05) is 6.07 Å². The molecule has 0 N–H and O–H groups in total. The van der Waals surface area contributed by atoms with Gasteiger partial charge in [-0.1, -0.05) is 35.9 Å².